The topological polar surface area (TPSA) is 293 Å². The quantitative estimate of drug-likeness (QED) is 0.0560. The number of hydrogen-bond donors (Lipinski definition) is 4. The minimum atomic E-state index is -0.726. The molecule has 7 heterocycles. The highest BCUT2D eigenvalue weighted by atomic mass is 16.5. The van der Waals surface area contributed by atoms with Crippen LogP contribution in [0.15, 0.2) is 88.0 Å². The largest absolute Gasteiger partial charge is 0.446 e. The fourth-order valence-corrected chi connectivity index (χ4v) is 7.30. The van der Waals surface area contributed by atoms with Crippen molar-refractivity contribution in [2.45, 2.75) is 64.5 Å². The molecule has 12 bridgehead atoms. The lowest BCUT2D eigenvalue weighted by atomic mass is 10.0. The molecule has 6 aromatic heterocycles. The molecule has 2 amide bonds. The molecular weight excluding hydrogens is 841 g/mol. The van der Waals surface area contributed by atoms with E-state index in [4.69, 9.17) is 52.7 Å². The van der Waals surface area contributed by atoms with Gasteiger partial charge in [0.15, 0.2) is 39.9 Å². The van der Waals surface area contributed by atoms with Gasteiger partial charge in [0.2, 0.25) is 35.3 Å². The van der Waals surface area contributed by atoms with Gasteiger partial charge in [-0.05, 0) is 81.6 Å². The summed E-state index contributed by atoms with van der Waals surface area (Å²) in [6.45, 7) is 3.93. The lowest BCUT2D eigenvalue weighted by molar-refractivity contribution is -0.131. The number of oxazole rings is 6. The Morgan fingerprint density at radius 3 is 1.94 bits per heavy atom. The van der Waals surface area contributed by atoms with Gasteiger partial charge < -0.3 is 53.3 Å². The molecule has 2 aromatic carbocycles. The van der Waals surface area contributed by atoms with Crippen molar-refractivity contribution in [3.8, 4) is 52.1 Å². The van der Waals surface area contributed by atoms with E-state index in [1.165, 1.54) is 32.0 Å². The number of nitrogens with zero attached hydrogens (tertiary/aromatic N) is 6. The van der Waals surface area contributed by atoms with E-state index in [-0.39, 0.29) is 75.3 Å². The maximum Gasteiger partial charge on any atom is 0.308 e. The van der Waals surface area contributed by atoms with Gasteiger partial charge in [-0.3, -0.25) is 14.4 Å². The van der Waals surface area contributed by atoms with Gasteiger partial charge in [0.1, 0.15) is 48.6 Å². The van der Waals surface area contributed by atoms with Crippen molar-refractivity contribution in [3.63, 3.8) is 0 Å². The Morgan fingerprint density at radius 2 is 1.25 bits per heavy atom. The highest BCUT2D eigenvalue weighted by Gasteiger charge is 2.30. The molecule has 65 heavy (non-hydrogen) atoms. The Kier molecular flexibility index (Phi) is 12.0. The monoisotopic (exact) mass is 882 g/mol. The third kappa shape index (κ3) is 8.97. The highest BCUT2D eigenvalue weighted by Crippen LogP contribution is 2.36. The van der Waals surface area contributed by atoms with Gasteiger partial charge in [0.05, 0.1) is 0 Å². The van der Waals surface area contributed by atoms with E-state index >= 15 is 0 Å². The number of esters is 1. The molecule has 2 atom stereocenters. The van der Waals surface area contributed by atoms with Crippen LogP contribution < -0.4 is 26.8 Å². The fraction of sp³-hybridized carbons (Fsp3) is 0.267. The van der Waals surface area contributed by atoms with Crippen LogP contribution in [0.2, 0.25) is 0 Å². The lowest BCUT2D eigenvalue weighted by Gasteiger charge is -2.14. The summed E-state index contributed by atoms with van der Waals surface area (Å²) >= 11 is 0. The molecule has 1 aliphatic rings. The smallest absolute Gasteiger partial charge is 0.308 e. The van der Waals surface area contributed by atoms with Gasteiger partial charge in [0, 0.05) is 12.3 Å². The lowest BCUT2D eigenvalue weighted by Crippen LogP contribution is -2.29. The van der Waals surface area contributed by atoms with Crippen molar-refractivity contribution in [3.05, 3.63) is 102 Å². The molecule has 0 spiro atoms. The summed E-state index contributed by atoms with van der Waals surface area (Å²) < 4.78 is 41.2. The summed E-state index contributed by atoms with van der Waals surface area (Å²) in [5.74, 6) is -0.149. The molecule has 1 aliphatic heterocycles. The first-order chi connectivity index (χ1) is 31.6. The van der Waals surface area contributed by atoms with E-state index in [2.05, 4.69) is 30.6 Å². The Hall–Kier alpha value is -7.97. The number of nitrogens with one attached hydrogen (secondary N) is 2. The van der Waals surface area contributed by atoms with Crippen LogP contribution in [-0.4, -0.2) is 60.8 Å². The first-order valence-corrected chi connectivity index (χ1v) is 20.9. The van der Waals surface area contributed by atoms with Crippen molar-refractivity contribution in [1.82, 2.24) is 40.5 Å². The van der Waals surface area contributed by atoms with Crippen LogP contribution >= 0.6 is 0 Å². The van der Waals surface area contributed by atoms with Crippen LogP contribution in [0.4, 0.5) is 0 Å². The van der Waals surface area contributed by atoms with Gasteiger partial charge in [-0.15, -0.1) is 0 Å². The van der Waals surface area contributed by atoms with Crippen LogP contribution in [0.1, 0.15) is 107 Å². The Morgan fingerprint density at radius 1 is 0.646 bits per heavy atom. The van der Waals surface area contributed by atoms with Crippen molar-refractivity contribution < 1.29 is 45.6 Å². The minimum Gasteiger partial charge on any atom is -0.446 e. The van der Waals surface area contributed by atoms with Gasteiger partial charge in [-0.1, -0.05) is 36.4 Å². The van der Waals surface area contributed by atoms with Crippen LogP contribution in [-0.2, 0) is 4.79 Å². The number of rotatable bonds is 11. The molecule has 20 nitrogen and oxygen atoms in total. The maximum absolute atomic E-state index is 13.9. The van der Waals surface area contributed by atoms with Crippen molar-refractivity contribution >= 4 is 40.7 Å². The Labute approximate surface area is 368 Å². The maximum atomic E-state index is 13.9. The second-order valence-electron chi connectivity index (χ2n) is 15.1. The number of ether oxygens (including phenoxy) is 1. The molecule has 9 rings (SSSR count). The molecule has 0 unspecified atom stereocenters. The van der Waals surface area contributed by atoms with E-state index in [9.17, 15) is 14.4 Å². The molecular formula is C45H42N10O10. The Bertz CT molecular complexity index is 3040. The highest BCUT2D eigenvalue weighted by molar-refractivity contribution is 5.98. The van der Waals surface area contributed by atoms with Crippen molar-refractivity contribution in [2.75, 3.05) is 13.1 Å². The number of aromatic nitrogens is 6. The number of nitrogens with two attached hydrogens (primary N) is 2. The number of hydrogen-bond acceptors (Lipinski definition) is 18. The molecule has 332 valence electrons. The van der Waals surface area contributed by atoms with E-state index < -0.39 is 29.9 Å². The fourth-order valence-electron chi connectivity index (χ4n) is 7.30. The second kappa shape index (κ2) is 18.4. The van der Waals surface area contributed by atoms with Gasteiger partial charge in [0.25, 0.3) is 11.8 Å². The third-order valence-corrected chi connectivity index (χ3v) is 10.5. The number of fused-ring (bicyclic) bond motifs is 17. The average Bonchev–Trinajstić information content (AvgIpc) is 4.16. The molecule has 0 radical (unpaired) electrons. The van der Waals surface area contributed by atoms with Crippen molar-refractivity contribution in [1.29, 1.82) is 0 Å². The minimum absolute atomic E-state index is 0.0212. The van der Waals surface area contributed by atoms with E-state index in [1.54, 1.807) is 25.1 Å². The number of unbranched alkanes of at least 4 members (excludes halogenated alkanes) is 2. The number of carbonyl (C=O) groups is 3. The second-order valence-corrected chi connectivity index (χ2v) is 15.1. The Balaban J connectivity index is 1.14. The summed E-state index contributed by atoms with van der Waals surface area (Å²) in [7, 11) is 0. The van der Waals surface area contributed by atoms with E-state index in [1.807, 2.05) is 30.3 Å². The molecule has 0 fully saturated rings. The molecule has 0 saturated carbocycles. The first-order valence-electron chi connectivity index (χ1n) is 20.9. The van der Waals surface area contributed by atoms with Crippen molar-refractivity contribution in [2.24, 2.45) is 11.5 Å². The summed E-state index contributed by atoms with van der Waals surface area (Å²) in [6, 6.07) is 9.56. The average molecular weight is 883 g/mol. The molecule has 0 aliphatic carbocycles. The van der Waals surface area contributed by atoms with Crippen LogP contribution in [0.3, 0.4) is 0 Å². The first kappa shape index (κ1) is 42.3. The van der Waals surface area contributed by atoms with E-state index in [0.717, 1.165) is 16.3 Å². The zero-order chi connectivity index (χ0) is 45.0. The van der Waals surface area contributed by atoms with Gasteiger partial charge in [-0.25, -0.2) is 29.9 Å². The number of carbonyl (C=O) groups excluding carboxylic acids is 3. The summed E-state index contributed by atoms with van der Waals surface area (Å²) in [4.78, 5) is 67.0. The van der Waals surface area contributed by atoms with Gasteiger partial charge in [-0.2, -0.15) is 0 Å². The predicted octanol–water partition coefficient (Wildman–Crippen LogP) is 7.35. The van der Waals surface area contributed by atoms with Crippen LogP contribution in [0.5, 0.6) is 5.75 Å². The normalized spacial score (nSPS) is 15.3. The van der Waals surface area contributed by atoms with Crippen LogP contribution in [0, 0.1) is 6.92 Å². The standard InChI is InChI=1S/C45H42N10O10/c1-23-36-45-55-37(35(65-45)16-14-25-13-15-34(64-24(2)56)27-10-4-3-9-26(25)27)44-51-31(20-62-44)39(58)48-28(11-5-7-17-46)40-52-33(21-60-40)42-53-32(22-61-42)41-50-30(19-59-41)38(57)49-29(12-6-8-18-47)43(54-36)63-23/h3-4,9-10,13-16,19-22,28-29H,5-8,11-12,17-18,46-47H2,1-2H3,(H,48,58)(H,49,57)/b16-14+/t28-,29-/m0/s1. The predicted molar refractivity (Wildman–Crippen MR) is 230 cm³/mol. The zero-order valence-corrected chi connectivity index (χ0v) is 35.2. The molecule has 20 heteroatoms. The van der Waals surface area contributed by atoms with E-state index in [0.29, 0.717) is 63.1 Å². The molecule has 0 saturated heterocycles. The summed E-state index contributed by atoms with van der Waals surface area (Å²) in [5, 5.41) is 7.44. The summed E-state index contributed by atoms with van der Waals surface area (Å²) in [6.07, 6.45) is 12.1. The number of amides is 2. The molecule has 8 aromatic rings. The molecule has 6 N–H and O–H groups in total. The van der Waals surface area contributed by atoms with Crippen LogP contribution in [0.25, 0.3) is 69.3 Å². The summed E-state index contributed by atoms with van der Waals surface area (Å²) in [5.41, 5.74) is 13.1. The third-order valence-electron chi connectivity index (χ3n) is 10.5. The number of benzene rings is 2. The number of aryl methyl sites for hydroxylation is 1. The zero-order valence-electron chi connectivity index (χ0n) is 35.2. The SMILES string of the molecule is CC(=O)Oc1ccc(/C=C/c2oc3nc2-c2nc(co2)C(=O)N[C@@H](CCCCN)c2nc(co2)-c2nc(co2)-c2nc(co2)C(=O)N[C@@H](CCCCN)c2nc-3c(C)o2)c2ccccc12. The van der Waals surface area contributed by atoms with Gasteiger partial charge >= 0.3 is 5.97 Å².